The lowest BCUT2D eigenvalue weighted by Gasteiger charge is -2.33. The fourth-order valence-corrected chi connectivity index (χ4v) is 3.59. The molecule has 1 fully saturated rings. The smallest absolute Gasteiger partial charge is 0.0124 e. The molecule has 1 saturated carbocycles. The molecule has 0 aliphatic heterocycles. The van der Waals surface area contributed by atoms with Crippen molar-refractivity contribution >= 4 is 0 Å². The fraction of sp³-hybridized carbons (Fsp3) is 1.00. The highest BCUT2D eigenvalue weighted by molar-refractivity contribution is 4.85. The molecular weight excluding hydrogens is 206 g/mol. The second-order valence-corrected chi connectivity index (χ2v) is 5.86. The summed E-state index contributed by atoms with van der Waals surface area (Å²) in [6, 6.07) is 0.817. The van der Waals surface area contributed by atoms with Crippen LogP contribution in [-0.4, -0.2) is 12.6 Å². The quantitative estimate of drug-likeness (QED) is 0.611. The Morgan fingerprint density at radius 3 is 2.00 bits per heavy atom. The van der Waals surface area contributed by atoms with Gasteiger partial charge in [0.25, 0.3) is 0 Å². The lowest BCUT2D eigenvalue weighted by molar-refractivity contribution is 0.233. The Balaban J connectivity index is 2.55. The summed E-state index contributed by atoms with van der Waals surface area (Å²) in [5, 5.41) is 3.88. The van der Waals surface area contributed by atoms with E-state index in [-0.39, 0.29) is 0 Å². The molecule has 0 aromatic carbocycles. The van der Waals surface area contributed by atoms with E-state index in [4.69, 9.17) is 0 Å². The van der Waals surface area contributed by atoms with Gasteiger partial charge in [0.2, 0.25) is 0 Å². The molecular formula is C16H33N. The van der Waals surface area contributed by atoms with E-state index in [9.17, 15) is 0 Å². The van der Waals surface area contributed by atoms with Gasteiger partial charge >= 0.3 is 0 Å². The van der Waals surface area contributed by atoms with Gasteiger partial charge in [-0.05, 0) is 50.5 Å². The van der Waals surface area contributed by atoms with Crippen LogP contribution in [0.25, 0.3) is 0 Å². The second-order valence-electron chi connectivity index (χ2n) is 5.86. The summed E-state index contributed by atoms with van der Waals surface area (Å²) in [6.45, 7) is 8.18. The maximum absolute atomic E-state index is 3.88. The summed E-state index contributed by atoms with van der Waals surface area (Å²) in [4.78, 5) is 0. The lowest BCUT2D eigenvalue weighted by Crippen LogP contribution is -2.42. The zero-order valence-corrected chi connectivity index (χ0v) is 12.3. The molecule has 1 rings (SSSR count). The summed E-state index contributed by atoms with van der Waals surface area (Å²) < 4.78 is 0. The van der Waals surface area contributed by atoms with Crippen molar-refractivity contribution in [2.75, 3.05) is 6.54 Å². The molecule has 1 aliphatic rings. The molecule has 1 atom stereocenters. The third kappa shape index (κ3) is 4.99. The van der Waals surface area contributed by atoms with Crippen LogP contribution in [0.4, 0.5) is 0 Å². The maximum atomic E-state index is 3.88. The minimum absolute atomic E-state index is 0.817. The van der Waals surface area contributed by atoms with Crippen molar-refractivity contribution in [2.45, 2.75) is 84.6 Å². The van der Waals surface area contributed by atoms with Crippen molar-refractivity contribution in [1.82, 2.24) is 5.32 Å². The summed E-state index contributed by atoms with van der Waals surface area (Å²) in [6.07, 6.45) is 12.7. The van der Waals surface area contributed by atoms with Gasteiger partial charge in [-0.15, -0.1) is 0 Å². The van der Waals surface area contributed by atoms with Gasteiger partial charge in [-0.3, -0.25) is 0 Å². The average molecular weight is 239 g/mol. The monoisotopic (exact) mass is 239 g/mol. The van der Waals surface area contributed by atoms with Crippen LogP contribution in [0.1, 0.15) is 78.6 Å². The molecule has 0 aromatic heterocycles. The zero-order chi connectivity index (χ0) is 12.5. The Labute approximate surface area is 109 Å². The molecule has 0 bridgehead atoms. The van der Waals surface area contributed by atoms with Crippen molar-refractivity contribution < 1.29 is 0 Å². The van der Waals surface area contributed by atoms with E-state index in [1.807, 2.05) is 0 Å². The van der Waals surface area contributed by atoms with Gasteiger partial charge in [0.05, 0.1) is 0 Å². The fourth-order valence-electron chi connectivity index (χ4n) is 3.59. The largest absolute Gasteiger partial charge is 0.313 e. The molecule has 0 amide bonds. The Hall–Kier alpha value is -0.0400. The zero-order valence-electron chi connectivity index (χ0n) is 12.3. The van der Waals surface area contributed by atoms with Crippen LogP contribution >= 0.6 is 0 Å². The van der Waals surface area contributed by atoms with E-state index in [1.54, 1.807) is 0 Å². The number of nitrogens with one attached hydrogen (secondary N) is 1. The topological polar surface area (TPSA) is 12.0 Å². The van der Waals surface area contributed by atoms with Gasteiger partial charge in [-0.2, -0.15) is 0 Å². The molecule has 0 spiro atoms. The molecule has 0 saturated heterocycles. The van der Waals surface area contributed by atoms with Crippen LogP contribution in [-0.2, 0) is 0 Å². The molecule has 0 heterocycles. The molecule has 0 radical (unpaired) electrons. The molecule has 1 heteroatoms. The summed E-state index contributed by atoms with van der Waals surface area (Å²) in [7, 11) is 0. The van der Waals surface area contributed by atoms with Gasteiger partial charge in [0.1, 0.15) is 0 Å². The number of hydrogen-bond acceptors (Lipinski definition) is 1. The number of hydrogen-bond donors (Lipinski definition) is 1. The SMILES string of the molecule is CCCNC(C(CCC)CCC)C1CCCC1. The van der Waals surface area contributed by atoms with E-state index < -0.39 is 0 Å². The molecule has 1 N–H and O–H groups in total. The van der Waals surface area contributed by atoms with E-state index in [1.165, 1.54) is 64.3 Å². The van der Waals surface area contributed by atoms with Gasteiger partial charge in [0.15, 0.2) is 0 Å². The first-order valence-corrected chi connectivity index (χ1v) is 8.06. The highest BCUT2D eigenvalue weighted by atomic mass is 14.9. The van der Waals surface area contributed by atoms with Crippen molar-refractivity contribution in [3.8, 4) is 0 Å². The summed E-state index contributed by atoms with van der Waals surface area (Å²) in [5.41, 5.74) is 0. The first-order chi connectivity index (χ1) is 8.33. The first kappa shape index (κ1) is 15.0. The Kier molecular flexibility index (Phi) is 7.92. The first-order valence-electron chi connectivity index (χ1n) is 8.06. The molecule has 0 aromatic rings. The van der Waals surface area contributed by atoms with E-state index in [0.29, 0.717) is 0 Å². The van der Waals surface area contributed by atoms with Crippen LogP contribution in [0.3, 0.4) is 0 Å². The predicted octanol–water partition coefficient (Wildman–Crippen LogP) is 4.76. The van der Waals surface area contributed by atoms with Crippen LogP contribution in [0, 0.1) is 11.8 Å². The van der Waals surface area contributed by atoms with Gasteiger partial charge in [-0.1, -0.05) is 46.5 Å². The highest BCUT2D eigenvalue weighted by Crippen LogP contribution is 2.33. The van der Waals surface area contributed by atoms with E-state index in [0.717, 1.165) is 17.9 Å². The van der Waals surface area contributed by atoms with Gasteiger partial charge < -0.3 is 5.32 Å². The molecule has 1 aliphatic carbocycles. The highest BCUT2D eigenvalue weighted by Gasteiger charge is 2.29. The minimum Gasteiger partial charge on any atom is -0.313 e. The lowest BCUT2D eigenvalue weighted by atomic mass is 9.82. The molecule has 17 heavy (non-hydrogen) atoms. The normalized spacial score (nSPS) is 19.1. The van der Waals surface area contributed by atoms with Gasteiger partial charge in [0, 0.05) is 6.04 Å². The van der Waals surface area contributed by atoms with Crippen molar-refractivity contribution in [3.63, 3.8) is 0 Å². The standard InChI is InChI=1S/C16H33N/c1-4-9-14(10-5-2)16(17-13-6-3)15-11-7-8-12-15/h14-17H,4-13H2,1-3H3. The number of rotatable bonds is 9. The van der Waals surface area contributed by atoms with E-state index >= 15 is 0 Å². The average Bonchev–Trinajstić information content (AvgIpc) is 2.84. The maximum Gasteiger partial charge on any atom is 0.0124 e. The molecule has 1 nitrogen and oxygen atoms in total. The molecule has 102 valence electrons. The van der Waals surface area contributed by atoms with E-state index in [2.05, 4.69) is 26.1 Å². The minimum atomic E-state index is 0.817. The third-order valence-corrected chi connectivity index (χ3v) is 4.36. The van der Waals surface area contributed by atoms with Crippen LogP contribution in [0.5, 0.6) is 0 Å². The third-order valence-electron chi connectivity index (χ3n) is 4.36. The van der Waals surface area contributed by atoms with Crippen molar-refractivity contribution in [3.05, 3.63) is 0 Å². The summed E-state index contributed by atoms with van der Waals surface area (Å²) >= 11 is 0. The van der Waals surface area contributed by atoms with Crippen LogP contribution in [0.2, 0.25) is 0 Å². The van der Waals surface area contributed by atoms with Crippen molar-refractivity contribution in [2.24, 2.45) is 11.8 Å². The Morgan fingerprint density at radius 2 is 1.53 bits per heavy atom. The van der Waals surface area contributed by atoms with Crippen LogP contribution < -0.4 is 5.32 Å². The Morgan fingerprint density at radius 1 is 0.941 bits per heavy atom. The summed E-state index contributed by atoms with van der Waals surface area (Å²) in [5.74, 6) is 1.91. The second kappa shape index (κ2) is 8.97. The van der Waals surface area contributed by atoms with Crippen molar-refractivity contribution in [1.29, 1.82) is 0 Å². The Bertz CT molecular complexity index is 166. The van der Waals surface area contributed by atoms with Gasteiger partial charge in [-0.25, -0.2) is 0 Å². The molecule has 1 unspecified atom stereocenters. The predicted molar refractivity (Wildman–Crippen MR) is 77.3 cm³/mol. The van der Waals surface area contributed by atoms with Crippen LogP contribution in [0.15, 0.2) is 0 Å².